The minimum atomic E-state index is -1.10. The van der Waals surface area contributed by atoms with E-state index < -0.39 is 11.8 Å². The molecule has 1 rings (SSSR count). The fraction of sp³-hybridized carbons (Fsp3) is 0.562. The first-order valence-corrected chi connectivity index (χ1v) is 7.28. The highest BCUT2D eigenvalue weighted by Crippen LogP contribution is 2.18. The molecule has 0 amide bonds. The van der Waals surface area contributed by atoms with Gasteiger partial charge < -0.3 is 9.84 Å². The molecule has 118 valence electrons. The standard InChI is InChI=1S/C16H24FNO3/c1-4-14(5-2)18(8-9-21-3)11-12-6-7-13(17)10-15(12)16(19)20/h6-7,10,14H,4-5,8-9,11H2,1-3H3,(H,19,20). The molecule has 1 aromatic rings. The number of hydrogen-bond acceptors (Lipinski definition) is 3. The summed E-state index contributed by atoms with van der Waals surface area (Å²) in [7, 11) is 1.64. The SMILES string of the molecule is CCC(CC)N(CCOC)Cc1ccc(F)cc1C(=O)O. The van der Waals surface area contributed by atoms with Gasteiger partial charge in [0.1, 0.15) is 5.82 Å². The topological polar surface area (TPSA) is 49.8 Å². The largest absolute Gasteiger partial charge is 0.478 e. The number of aromatic carboxylic acids is 1. The Morgan fingerprint density at radius 3 is 2.57 bits per heavy atom. The Morgan fingerprint density at radius 2 is 2.05 bits per heavy atom. The van der Waals surface area contributed by atoms with Crippen LogP contribution in [0.2, 0.25) is 0 Å². The van der Waals surface area contributed by atoms with Gasteiger partial charge in [-0.2, -0.15) is 0 Å². The second-order valence-electron chi connectivity index (χ2n) is 5.04. The Kier molecular flexibility index (Phi) is 7.32. The van der Waals surface area contributed by atoms with E-state index in [1.807, 2.05) is 0 Å². The zero-order valence-electron chi connectivity index (χ0n) is 12.9. The molecule has 4 nitrogen and oxygen atoms in total. The molecule has 0 radical (unpaired) electrons. The third-order valence-electron chi connectivity index (χ3n) is 3.72. The van der Waals surface area contributed by atoms with E-state index in [9.17, 15) is 14.3 Å². The summed E-state index contributed by atoms with van der Waals surface area (Å²) in [5, 5.41) is 9.22. The molecule has 0 fully saturated rings. The van der Waals surface area contributed by atoms with Crippen LogP contribution in [0.5, 0.6) is 0 Å². The Morgan fingerprint density at radius 1 is 1.38 bits per heavy atom. The van der Waals surface area contributed by atoms with E-state index in [0.717, 1.165) is 25.5 Å². The van der Waals surface area contributed by atoms with Gasteiger partial charge in [-0.3, -0.25) is 4.90 Å². The maximum Gasteiger partial charge on any atom is 0.336 e. The molecule has 0 aliphatic carbocycles. The van der Waals surface area contributed by atoms with Crippen LogP contribution in [0.4, 0.5) is 4.39 Å². The summed E-state index contributed by atoms with van der Waals surface area (Å²) in [5.41, 5.74) is 0.662. The minimum absolute atomic E-state index is 0.0309. The summed E-state index contributed by atoms with van der Waals surface area (Å²) >= 11 is 0. The molecule has 0 atom stereocenters. The number of ether oxygens (including phenoxy) is 1. The number of benzene rings is 1. The number of carboxylic acids is 1. The first-order chi connectivity index (χ1) is 10.0. The van der Waals surface area contributed by atoms with Crippen LogP contribution in [-0.2, 0) is 11.3 Å². The van der Waals surface area contributed by atoms with Gasteiger partial charge in [0.05, 0.1) is 12.2 Å². The van der Waals surface area contributed by atoms with E-state index in [4.69, 9.17) is 4.74 Å². The number of carboxylic acid groups (broad SMARTS) is 1. The molecule has 0 heterocycles. The molecule has 0 aliphatic rings. The Labute approximate surface area is 125 Å². The highest BCUT2D eigenvalue weighted by atomic mass is 19.1. The van der Waals surface area contributed by atoms with Gasteiger partial charge in [0.2, 0.25) is 0 Å². The number of carbonyl (C=O) groups is 1. The van der Waals surface area contributed by atoms with E-state index >= 15 is 0 Å². The van der Waals surface area contributed by atoms with Gasteiger partial charge in [-0.1, -0.05) is 19.9 Å². The Hall–Kier alpha value is -1.46. The second kappa shape index (κ2) is 8.74. The summed E-state index contributed by atoms with van der Waals surface area (Å²) in [6, 6.07) is 4.30. The summed E-state index contributed by atoms with van der Waals surface area (Å²) in [4.78, 5) is 13.5. The first-order valence-electron chi connectivity index (χ1n) is 7.28. The van der Waals surface area contributed by atoms with Crippen molar-refractivity contribution in [3.63, 3.8) is 0 Å². The molecule has 0 saturated carbocycles. The fourth-order valence-corrected chi connectivity index (χ4v) is 2.51. The monoisotopic (exact) mass is 297 g/mol. The van der Waals surface area contributed by atoms with Crippen molar-refractivity contribution in [2.24, 2.45) is 0 Å². The molecule has 0 bridgehead atoms. The Balaban J connectivity index is 2.99. The average molecular weight is 297 g/mol. The van der Waals surface area contributed by atoms with E-state index in [-0.39, 0.29) is 5.56 Å². The smallest absolute Gasteiger partial charge is 0.336 e. The van der Waals surface area contributed by atoms with Gasteiger partial charge in [0, 0.05) is 26.2 Å². The van der Waals surface area contributed by atoms with Crippen molar-refractivity contribution in [2.75, 3.05) is 20.3 Å². The molecule has 0 saturated heterocycles. The van der Waals surface area contributed by atoms with Crippen molar-refractivity contribution in [2.45, 2.75) is 39.3 Å². The van der Waals surface area contributed by atoms with Crippen LogP contribution in [0, 0.1) is 5.82 Å². The number of rotatable bonds is 9. The summed E-state index contributed by atoms with van der Waals surface area (Å²) < 4.78 is 18.4. The zero-order chi connectivity index (χ0) is 15.8. The Bertz CT molecular complexity index is 461. The molecular weight excluding hydrogens is 273 g/mol. The van der Waals surface area contributed by atoms with Crippen molar-refractivity contribution in [1.82, 2.24) is 4.90 Å². The van der Waals surface area contributed by atoms with Gasteiger partial charge in [0.15, 0.2) is 0 Å². The van der Waals surface area contributed by atoms with Crippen molar-refractivity contribution < 1.29 is 19.0 Å². The molecule has 0 spiro atoms. The number of halogens is 1. The predicted octanol–water partition coefficient (Wildman–Crippen LogP) is 3.16. The van der Waals surface area contributed by atoms with Crippen LogP contribution < -0.4 is 0 Å². The molecule has 1 aromatic carbocycles. The molecule has 21 heavy (non-hydrogen) atoms. The summed E-state index contributed by atoms with van der Waals surface area (Å²) in [6.07, 6.45) is 1.95. The lowest BCUT2D eigenvalue weighted by Crippen LogP contribution is -2.36. The minimum Gasteiger partial charge on any atom is -0.478 e. The molecule has 1 N–H and O–H groups in total. The van der Waals surface area contributed by atoms with Crippen molar-refractivity contribution in [3.05, 3.63) is 35.1 Å². The third-order valence-corrected chi connectivity index (χ3v) is 3.72. The van der Waals surface area contributed by atoms with Crippen LogP contribution in [-0.4, -0.2) is 42.3 Å². The predicted molar refractivity (Wildman–Crippen MR) is 80.0 cm³/mol. The highest BCUT2D eigenvalue weighted by Gasteiger charge is 2.19. The lowest BCUT2D eigenvalue weighted by molar-refractivity contribution is 0.0691. The van der Waals surface area contributed by atoms with Crippen molar-refractivity contribution >= 4 is 5.97 Å². The van der Waals surface area contributed by atoms with Gasteiger partial charge in [0.25, 0.3) is 0 Å². The van der Waals surface area contributed by atoms with E-state index in [1.165, 1.54) is 6.07 Å². The van der Waals surface area contributed by atoms with Crippen LogP contribution in [0.3, 0.4) is 0 Å². The number of hydrogen-bond donors (Lipinski definition) is 1. The fourth-order valence-electron chi connectivity index (χ4n) is 2.51. The zero-order valence-corrected chi connectivity index (χ0v) is 12.9. The number of methoxy groups -OCH3 is 1. The molecular formula is C16H24FNO3. The maximum absolute atomic E-state index is 13.2. The second-order valence-corrected chi connectivity index (χ2v) is 5.04. The van der Waals surface area contributed by atoms with Crippen LogP contribution in [0.15, 0.2) is 18.2 Å². The summed E-state index contributed by atoms with van der Waals surface area (Å²) in [5.74, 6) is -1.62. The van der Waals surface area contributed by atoms with E-state index in [2.05, 4.69) is 18.7 Å². The van der Waals surface area contributed by atoms with E-state index in [0.29, 0.717) is 24.8 Å². The van der Waals surface area contributed by atoms with Crippen LogP contribution in [0.25, 0.3) is 0 Å². The van der Waals surface area contributed by atoms with E-state index in [1.54, 1.807) is 13.2 Å². The molecule has 0 unspecified atom stereocenters. The first kappa shape index (κ1) is 17.6. The third kappa shape index (κ3) is 5.10. The molecule has 5 heteroatoms. The van der Waals surface area contributed by atoms with Gasteiger partial charge in [-0.15, -0.1) is 0 Å². The lowest BCUT2D eigenvalue weighted by atomic mass is 10.0. The maximum atomic E-state index is 13.2. The van der Waals surface area contributed by atoms with Gasteiger partial charge in [-0.05, 0) is 30.5 Å². The molecule has 0 aromatic heterocycles. The molecule has 0 aliphatic heterocycles. The van der Waals surface area contributed by atoms with Crippen molar-refractivity contribution in [3.8, 4) is 0 Å². The van der Waals surface area contributed by atoms with Gasteiger partial charge in [-0.25, -0.2) is 9.18 Å². The van der Waals surface area contributed by atoms with Crippen LogP contribution >= 0.6 is 0 Å². The average Bonchev–Trinajstić information content (AvgIpc) is 2.47. The summed E-state index contributed by atoms with van der Waals surface area (Å²) in [6.45, 7) is 6.00. The normalized spacial score (nSPS) is 11.3. The van der Waals surface area contributed by atoms with Crippen LogP contribution in [0.1, 0.15) is 42.6 Å². The lowest BCUT2D eigenvalue weighted by Gasteiger charge is -2.30. The number of nitrogens with zero attached hydrogens (tertiary/aromatic N) is 1. The highest BCUT2D eigenvalue weighted by molar-refractivity contribution is 5.89. The van der Waals surface area contributed by atoms with Gasteiger partial charge >= 0.3 is 5.97 Å². The van der Waals surface area contributed by atoms with Crippen molar-refractivity contribution in [1.29, 1.82) is 0 Å². The quantitative estimate of drug-likeness (QED) is 0.760.